The van der Waals surface area contributed by atoms with Crippen LogP contribution >= 0.6 is 11.3 Å². The quantitative estimate of drug-likeness (QED) is 0.0925. The summed E-state index contributed by atoms with van der Waals surface area (Å²) in [5.41, 5.74) is 2.61. The van der Waals surface area contributed by atoms with Crippen LogP contribution in [0, 0.1) is 0 Å². The van der Waals surface area contributed by atoms with E-state index in [0.717, 1.165) is 31.8 Å². The molecule has 1 aromatic rings. The van der Waals surface area contributed by atoms with E-state index in [-0.39, 0.29) is 0 Å². The van der Waals surface area contributed by atoms with Gasteiger partial charge in [-0.15, -0.1) is 11.3 Å². The van der Waals surface area contributed by atoms with Crippen LogP contribution in [0.2, 0.25) is 0 Å². The average molecular weight is 637 g/mol. The number of rotatable bonds is 9. The molecule has 3 aliphatic heterocycles. The summed E-state index contributed by atoms with van der Waals surface area (Å²) in [4.78, 5) is 7.79. The Bertz CT molecular complexity index is 1450. The van der Waals surface area contributed by atoms with Gasteiger partial charge in [0.1, 0.15) is 62.4 Å². The minimum Gasteiger partial charge on any atom is -0.394 e. The third-order valence-electron chi connectivity index (χ3n) is 8.71. The molecule has 0 saturated carbocycles. The summed E-state index contributed by atoms with van der Waals surface area (Å²) >= 11 is 1.59. The van der Waals surface area contributed by atoms with E-state index in [1.165, 1.54) is 0 Å². The second-order valence-corrected chi connectivity index (χ2v) is 12.8. The first-order valence-corrected chi connectivity index (χ1v) is 15.5. The molecule has 0 bridgehead atoms. The highest BCUT2D eigenvalue weighted by atomic mass is 32.1. The van der Waals surface area contributed by atoms with Crippen LogP contribution in [0.3, 0.4) is 0 Å². The molecule has 3 heterocycles. The van der Waals surface area contributed by atoms with Crippen molar-refractivity contribution in [1.29, 1.82) is 0 Å². The molecule has 0 amide bonds. The maximum atomic E-state index is 10.4. The molecule has 1 aromatic carbocycles. The number of hydrogen-bond donors (Lipinski definition) is 8. The first kappa shape index (κ1) is 33.0. The lowest BCUT2D eigenvalue weighted by Gasteiger charge is -2.40. The topological polar surface area (TPSA) is 199 Å². The van der Waals surface area contributed by atoms with Crippen LogP contribution in [0.25, 0.3) is 20.8 Å². The van der Waals surface area contributed by atoms with Crippen LogP contribution in [0.4, 0.5) is 5.69 Å². The molecule has 242 valence electrons. The van der Waals surface area contributed by atoms with Gasteiger partial charge in [0.05, 0.1) is 46.2 Å². The molecule has 1 aliphatic carbocycles. The average Bonchev–Trinajstić information content (AvgIpc) is 3.03. The van der Waals surface area contributed by atoms with Crippen molar-refractivity contribution in [1.82, 2.24) is 9.56 Å². The van der Waals surface area contributed by atoms with Crippen molar-refractivity contribution in [2.45, 2.75) is 73.9 Å². The van der Waals surface area contributed by atoms with Gasteiger partial charge in [0.2, 0.25) is 5.36 Å². The van der Waals surface area contributed by atoms with Gasteiger partial charge in [0.15, 0.2) is 0 Å². The second-order valence-electron chi connectivity index (χ2n) is 11.7. The van der Waals surface area contributed by atoms with E-state index in [2.05, 4.69) is 0 Å². The van der Waals surface area contributed by atoms with E-state index in [1.807, 2.05) is 60.0 Å². The molecule has 0 aromatic heterocycles. The Kier molecular flexibility index (Phi) is 10.5. The number of ether oxygens (including phenoxy) is 2. The summed E-state index contributed by atoms with van der Waals surface area (Å²) in [6, 6.07) is 11.9. The lowest BCUT2D eigenvalue weighted by Crippen LogP contribution is -2.58. The molecular formula is C30H42N3O10S+. The Morgan fingerprint density at radius 2 is 1.36 bits per heavy atom. The summed E-state index contributed by atoms with van der Waals surface area (Å²) in [6.45, 7) is 0.0621. The fourth-order valence-electron chi connectivity index (χ4n) is 5.81. The van der Waals surface area contributed by atoms with Gasteiger partial charge in [-0.05, 0) is 30.7 Å². The highest BCUT2D eigenvalue weighted by molar-refractivity contribution is 7.21. The predicted octanol–water partition coefficient (Wildman–Crippen LogP) is -2.30. The van der Waals surface area contributed by atoms with Crippen LogP contribution in [-0.4, -0.2) is 147 Å². The third-order valence-corrected chi connectivity index (χ3v) is 9.80. The molecule has 2 saturated heterocycles. The maximum Gasteiger partial charge on any atom is 0.201 e. The first-order chi connectivity index (χ1) is 21.0. The van der Waals surface area contributed by atoms with Gasteiger partial charge in [-0.25, -0.2) is 9.56 Å². The highest BCUT2D eigenvalue weighted by Gasteiger charge is 2.44. The van der Waals surface area contributed by atoms with Crippen LogP contribution in [-0.2, 0) is 9.47 Å². The minimum atomic E-state index is -1.39. The number of anilines is 1. The number of benzene rings is 2. The zero-order chi connectivity index (χ0) is 31.7. The number of nitrogens with zero attached hydrogens (tertiary/aromatic N) is 3. The molecular weight excluding hydrogens is 594 g/mol. The van der Waals surface area contributed by atoms with Gasteiger partial charge in [-0.1, -0.05) is 0 Å². The Morgan fingerprint density at radius 3 is 1.98 bits per heavy atom. The summed E-state index contributed by atoms with van der Waals surface area (Å²) in [6.07, 6.45) is -10.7. The lowest BCUT2D eigenvalue weighted by atomic mass is 9.93. The number of aliphatic hydroxyl groups excluding tert-OH is 8. The SMILES string of the molecule is CN(CC[C@@H]1O[C@H](CO)[C@@H](O)[C@H](O)[C@H]1O)c1ccc2nc3ccc(=[N+](C)CC[C@@H]4O[C@H](CO)[C@@H](O)[C@H](O)[C@H]4O)cc-3sc2c1. The van der Waals surface area contributed by atoms with Crippen LogP contribution < -0.4 is 14.8 Å². The van der Waals surface area contributed by atoms with Crippen molar-refractivity contribution in [3.63, 3.8) is 0 Å². The maximum absolute atomic E-state index is 10.4. The van der Waals surface area contributed by atoms with Gasteiger partial charge < -0.3 is 55.2 Å². The molecule has 13 nitrogen and oxygen atoms in total. The number of aliphatic hydroxyl groups is 8. The summed E-state index contributed by atoms with van der Waals surface area (Å²) in [5.74, 6) is 0. The van der Waals surface area contributed by atoms with Gasteiger partial charge in [-0.3, -0.25) is 0 Å². The standard InChI is InChI=1S/C30H42N3O10S/c1-32(9-7-19-25(36)29(40)27(38)21(13-34)42-19)15-3-5-17-23(11-15)44-24-12-16(4-6-18(24)31-17)33(2)10-8-20-26(37)30(41)28(39)22(14-35)43-20/h3-6,11-12,19-22,25-30,34-41H,7-10,13-14H2,1-2H3/q+1/t19-,20-,21+,22+,25-,26-,27+,28+,29+,30+/m0/s1. The largest absolute Gasteiger partial charge is 0.394 e. The minimum absolute atomic E-state index is 0.369. The monoisotopic (exact) mass is 636 g/mol. The Hall–Kier alpha value is -2.34. The Morgan fingerprint density at radius 1 is 0.773 bits per heavy atom. The lowest BCUT2D eigenvalue weighted by molar-refractivity contribution is -0.230. The van der Waals surface area contributed by atoms with E-state index in [0.29, 0.717) is 25.9 Å². The number of hydrogen-bond acceptors (Lipinski definition) is 13. The summed E-state index contributed by atoms with van der Waals surface area (Å²) in [7, 11) is 3.82. The molecule has 10 atom stereocenters. The molecule has 14 heteroatoms. The van der Waals surface area contributed by atoms with Crippen molar-refractivity contribution in [2.24, 2.45) is 0 Å². The zero-order valence-corrected chi connectivity index (χ0v) is 25.4. The van der Waals surface area contributed by atoms with Gasteiger partial charge in [0.25, 0.3) is 0 Å². The second kappa shape index (κ2) is 14.0. The van der Waals surface area contributed by atoms with Crippen LogP contribution in [0.5, 0.6) is 0 Å². The molecule has 2 fully saturated rings. The van der Waals surface area contributed by atoms with Crippen molar-refractivity contribution in [2.75, 3.05) is 45.3 Å². The molecule has 4 aliphatic rings. The Labute approximate surface area is 258 Å². The first-order valence-electron chi connectivity index (χ1n) is 14.7. The van der Waals surface area contributed by atoms with Crippen molar-refractivity contribution >= 4 is 27.2 Å². The predicted molar refractivity (Wildman–Crippen MR) is 162 cm³/mol. The zero-order valence-electron chi connectivity index (χ0n) is 24.6. The summed E-state index contributed by atoms with van der Waals surface area (Å²) < 4.78 is 14.3. The molecule has 0 unspecified atom stereocenters. The number of aromatic nitrogens is 1. The van der Waals surface area contributed by atoms with E-state index in [1.54, 1.807) is 11.3 Å². The highest BCUT2D eigenvalue weighted by Crippen LogP contribution is 2.32. The van der Waals surface area contributed by atoms with Gasteiger partial charge in [-0.2, -0.15) is 0 Å². The fraction of sp³-hybridized carbons (Fsp3) is 0.600. The molecule has 5 rings (SSSR count). The normalized spacial score (nSPS) is 33.5. The molecule has 8 N–H and O–H groups in total. The fourth-order valence-corrected chi connectivity index (χ4v) is 6.84. The van der Waals surface area contributed by atoms with Crippen molar-refractivity contribution < 1.29 is 50.3 Å². The van der Waals surface area contributed by atoms with Gasteiger partial charge in [0, 0.05) is 37.8 Å². The van der Waals surface area contributed by atoms with Crippen LogP contribution in [0.15, 0.2) is 36.4 Å². The third kappa shape index (κ3) is 6.76. The van der Waals surface area contributed by atoms with Crippen molar-refractivity contribution in [3.8, 4) is 10.6 Å². The molecule has 0 spiro atoms. The summed E-state index contributed by atoms with van der Waals surface area (Å²) in [5, 5.41) is 80.8. The molecule has 0 radical (unpaired) electrons. The van der Waals surface area contributed by atoms with Crippen LogP contribution in [0.1, 0.15) is 12.8 Å². The smallest absolute Gasteiger partial charge is 0.201 e. The van der Waals surface area contributed by atoms with E-state index in [9.17, 15) is 40.9 Å². The van der Waals surface area contributed by atoms with Gasteiger partial charge >= 0.3 is 0 Å². The Balaban J connectivity index is 1.30. The van der Waals surface area contributed by atoms with Crippen molar-refractivity contribution in [3.05, 3.63) is 41.8 Å². The number of fused-ring (bicyclic) bond motifs is 2. The van der Waals surface area contributed by atoms with E-state index >= 15 is 0 Å². The molecule has 44 heavy (non-hydrogen) atoms. The van der Waals surface area contributed by atoms with E-state index < -0.39 is 74.3 Å². The van der Waals surface area contributed by atoms with E-state index in [4.69, 9.17) is 14.5 Å².